The fraction of sp³-hybridized carbons (Fsp3) is 0.188. The van der Waals surface area contributed by atoms with Crippen molar-refractivity contribution in [1.29, 1.82) is 0 Å². The number of anilines is 1. The molecular formula is C16H15N5. The molecular weight excluding hydrogens is 262 g/mol. The Morgan fingerprint density at radius 1 is 1.00 bits per heavy atom. The van der Waals surface area contributed by atoms with Crippen molar-refractivity contribution >= 4 is 5.69 Å². The van der Waals surface area contributed by atoms with Gasteiger partial charge in [0, 0.05) is 34.9 Å². The van der Waals surface area contributed by atoms with Gasteiger partial charge in [0.2, 0.25) is 0 Å². The highest BCUT2D eigenvalue weighted by molar-refractivity contribution is 5.61. The van der Waals surface area contributed by atoms with Crippen LogP contribution in [-0.2, 0) is 12.8 Å². The summed E-state index contributed by atoms with van der Waals surface area (Å²) in [4.78, 5) is 13.3. The number of fused-ring (bicyclic) bond motifs is 1. The standard InChI is InChI=1S/C16H15N5/c17-12-6-4-11(5-7-12)15-18-8-9-21(15)16-13-2-1-3-14(13)19-10-20-16/h4-10H,1-3,17H2. The first-order valence-corrected chi connectivity index (χ1v) is 7.05. The Balaban J connectivity index is 1.86. The molecule has 5 heteroatoms. The molecule has 0 bridgehead atoms. The number of benzene rings is 1. The van der Waals surface area contributed by atoms with Gasteiger partial charge in [-0.3, -0.25) is 4.57 Å². The number of imidazole rings is 1. The summed E-state index contributed by atoms with van der Waals surface area (Å²) in [5.41, 5.74) is 9.94. The number of nitrogens with zero attached hydrogens (tertiary/aromatic N) is 4. The van der Waals surface area contributed by atoms with Crippen molar-refractivity contribution in [3.63, 3.8) is 0 Å². The Kier molecular flexibility index (Phi) is 2.70. The minimum Gasteiger partial charge on any atom is -0.399 e. The molecule has 5 nitrogen and oxygen atoms in total. The Hall–Kier alpha value is -2.69. The quantitative estimate of drug-likeness (QED) is 0.730. The van der Waals surface area contributed by atoms with Gasteiger partial charge in [0.15, 0.2) is 0 Å². The van der Waals surface area contributed by atoms with E-state index >= 15 is 0 Å². The monoisotopic (exact) mass is 277 g/mol. The Morgan fingerprint density at radius 2 is 1.86 bits per heavy atom. The maximum absolute atomic E-state index is 5.76. The molecule has 0 fully saturated rings. The zero-order valence-corrected chi connectivity index (χ0v) is 11.5. The van der Waals surface area contributed by atoms with E-state index in [1.807, 2.05) is 35.0 Å². The molecule has 0 unspecified atom stereocenters. The van der Waals surface area contributed by atoms with Crippen molar-refractivity contribution in [3.8, 4) is 17.2 Å². The summed E-state index contributed by atoms with van der Waals surface area (Å²) in [6.07, 6.45) is 8.61. The molecule has 0 saturated heterocycles. The van der Waals surface area contributed by atoms with E-state index < -0.39 is 0 Å². The maximum Gasteiger partial charge on any atom is 0.145 e. The number of rotatable bonds is 2. The maximum atomic E-state index is 5.76. The molecule has 21 heavy (non-hydrogen) atoms. The van der Waals surface area contributed by atoms with Crippen LogP contribution in [0.1, 0.15) is 17.7 Å². The Morgan fingerprint density at radius 3 is 2.71 bits per heavy atom. The second-order valence-electron chi connectivity index (χ2n) is 5.22. The normalized spacial score (nSPS) is 13.3. The number of aryl methyl sites for hydroxylation is 1. The molecule has 2 heterocycles. The predicted octanol–water partition coefficient (Wildman–Crippen LogP) is 2.40. The number of aromatic nitrogens is 4. The lowest BCUT2D eigenvalue weighted by atomic mass is 10.2. The first-order valence-electron chi connectivity index (χ1n) is 7.05. The van der Waals surface area contributed by atoms with E-state index in [9.17, 15) is 0 Å². The topological polar surface area (TPSA) is 69.6 Å². The van der Waals surface area contributed by atoms with E-state index in [1.165, 1.54) is 5.56 Å². The van der Waals surface area contributed by atoms with Crippen molar-refractivity contribution in [2.45, 2.75) is 19.3 Å². The zero-order valence-electron chi connectivity index (χ0n) is 11.5. The first kappa shape index (κ1) is 12.1. The van der Waals surface area contributed by atoms with Gasteiger partial charge in [-0.1, -0.05) is 0 Å². The highest BCUT2D eigenvalue weighted by Crippen LogP contribution is 2.28. The summed E-state index contributed by atoms with van der Waals surface area (Å²) >= 11 is 0. The van der Waals surface area contributed by atoms with Crippen molar-refractivity contribution < 1.29 is 0 Å². The van der Waals surface area contributed by atoms with Crippen LogP contribution in [0.15, 0.2) is 43.0 Å². The van der Waals surface area contributed by atoms with E-state index in [0.29, 0.717) is 0 Å². The zero-order chi connectivity index (χ0) is 14.2. The van der Waals surface area contributed by atoms with E-state index in [4.69, 9.17) is 5.73 Å². The van der Waals surface area contributed by atoms with Crippen LogP contribution in [0.5, 0.6) is 0 Å². The van der Waals surface area contributed by atoms with Gasteiger partial charge in [-0.2, -0.15) is 0 Å². The van der Waals surface area contributed by atoms with Crippen LogP contribution in [0.3, 0.4) is 0 Å². The van der Waals surface area contributed by atoms with E-state index in [1.54, 1.807) is 12.5 Å². The van der Waals surface area contributed by atoms with Crippen LogP contribution in [0, 0.1) is 0 Å². The second kappa shape index (κ2) is 4.70. The van der Waals surface area contributed by atoms with Crippen LogP contribution in [-0.4, -0.2) is 19.5 Å². The molecule has 104 valence electrons. The van der Waals surface area contributed by atoms with Crippen LogP contribution in [0.25, 0.3) is 17.2 Å². The molecule has 2 aromatic heterocycles. The third-order valence-electron chi connectivity index (χ3n) is 3.89. The molecule has 1 aliphatic rings. The molecule has 0 saturated carbocycles. The third kappa shape index (κ3) is 1.98. The van der Waals surface area contributed by atoms with Gasteiger partial charge >= 0.3 is 0 Å². The van der Waals surface area contributed by atoms with Crippen LogP contribution >= 0.6 is 0 Å². The Bertz CT molecular complexity index is 789. The average Bonchev–Trinajstić information content (AvgIpc) is 3.16. The van der Waals surface area contributed by atoms with Crippen LogP contribution in [0.2, 0.25) is 0 Å². The lowest BCUT2D eigenvalue weighted by Crippen LogP contribution is -2.05. The van der Waals surface area contributed by atoms with Crippen molar-refractivity contribution in [2.24, 2.45) is 0 Å². The van der Waals surface area contributed by atoms with Gasteiger partial charge in [0.25, 0.3) is 0 Å². The number of hydrogen-bond acceptors (Lipinski definition) is 4. The van der Waals surface area contributed by atoms with Gasteiger partial charge in [0.1, 0.15) is 18.0 Å². The lowest BCUT2D eigenvalue weighted by molar-refractivity contribution is 0.896. The third-order valence-corrected chi connectivity index (χ3v) is 3.89. The summed E-state index contributed by atoms with van der Waals surface area (Å²) in [6, 6.07) is 7.74. The molecule has 0 spiro atoms. The highest BCUT2D eigenvalue weighted by Gasteiger charge is 2.19. The molecule has 0 radical (unpaired) electrons. The molecule has 0 aliphatic heterocycles. The highest BCUT2D eigenvalue weighted by atomic mass is 15.1. The van der Waals surface area contributed by atoms with Crippen molar-refractivity contribution in [2.75, 3.05) is 5.73 Å². The van der Waals surface area contributed by atoms with Gasteiger partial charge in [0.05, 0.1) is 0 Å². The minimum atomic E-state index is 0.750. The second-order valence-corrected chi connectivity index (χ2v) is 5.22. The number of hydrogen-bond donors (Lipinski definition) is 1. The van der Waals surface area contributed by atoms with E-state index in [2.05, 4.69) is 15.0 Å². The van der Waals surface area contributed by atoms with Gasteiger partial charge in [-0.25, -0.2) is 15.0 Å². The summed E-state index contributed by atoms with van der Waals surface area (Å²) in [5, 5.41) is 0. The van der Waals surface area contributed by atoms with Crippen LogP contribution in [0.4, 0.5) is 5.69 Å². The smallest absolute Gasteiger partial charge is 0.145 e. The van der Waals surface area contributed by atoms with E-state index in [-0.39, 0.29) is 0 Å². The lowest BCUT2D eigenvalue weighted by Gasteiger charge is -2.11. The van der Waals surface area contributed by atoms with Gasteiger partial charge in [-0.05, 0) is 43.5 Å². The largest absolute Gasteiger partial charge is 0.399 e. The molecule has 0 amide bonds. The van der Waals surface area contributed by atoms with Gasteiger partial charge < -0.3 is 5.73 Å². The van der Waals surface area contributed by atoms with Crippen molar-refractivity contribution in [3.05, 3.63) is 54.2 Å². The molecule has 3 aromatic rings. The number of nitrogens with two attached hydrogens (primary N) is 1. The average molecular weight is 277 g/mol. The fourth-order valence-electron chi connectivity index (χ4n) is 2.87. The summed E-state index contributed by atoms with van der Waals surface area (Å²) in [5.74, 6) is 1.82. The Labute approximate surface area is 122 Å². The molecule has 1 aromatic carbocycles. The van der Waals surface area contributed by atoms with Crippen LogP contribution < -0.4 is 5.73 Å². The van der Waals surface area contributed by atoms with Gasteiger partial charge in [-0.15, -0.1) is 0 Å². The SMILES string of the molecule is Nc1ccc(-c2nccn2-c2ncnc3c2CCC3)cc1. The summed E-state index contributed by atoms with van der Waals surface area (Å²) in [7, 11) is 0. The minimum absolute atomic E-state index is 0.750. The predicted molar refractivity (Wildman–Crippen MR) is 81.0 cm³/mol. The molecule has 1 aliphatic carbocycles. The summed E-state index contributed by atoms with van der Waals surface area (Å²) in [6.45, 7) is 0. The number of nitrogen functional groups attached to an aromatic ring is 1. The first-order chi connectivity index (χ1) is 10.3. The fourth-order valence-corrected chi connectivity index (χ4v) is 2.87. The summed E-state index contributed by atoms with van der Waals surface area (Å²) < 4.78 is 2.04. The molecule has 4 rings (SSSR count). The van der Waals surface area contributed by atoms with Crippen molar-refractivity contribution in [1.82, 2.24) is 19.5 Å². The molecule has 0 atom stereocenters. The van der Waals surface area contributed by atoms with E-state index in [0.717, 1.165) is 47.8 Å². The molecule has 2 N–H and O–H groups in total.